The summed E-state index contributed by atoms with van der Waals surface area (Å²) in [5.41, 5.74) is 3.30. The van der Waals surface area contributed by atoms with Crippen molar-refractivity contribution in [3.63, 3.8) is 0 Å². The zero-order chi connectivity index (χ0) is 34.5. The van der Waals surface area contributed by atoms with E-state index in [1.807, 2.05) is 48.5 Å². The Morgan fingerprint density at radius 2 is 1.52 bits per heavy atom. The van der Waals surface area contributed by atoms with Crippen LogP contribution in [0.4, 0.5) is 4.79 Å². The van der Waals surface area contributed by atoms with E-state index < -0.39 is 57.2 Å². The van der Waals surface area contributed by atoms with Gasteiger partial charge in [0.05, 0.1) is 31.7 Å². The maximum Gasteiger partial charge on any atom is 0.487 e. The van der Waals surface area contributed by atoms with Crippen LogP contribution in [0.5, 0.6) is 5.75 Å². The number of likely N-dealkylation sites (tertiary alicyclic amines) is 1. The molecule has 0 aromatic heterocycles. The number of fused-ring (bicyclic) bond motifs is 3. The van der Waals surface area contributed by atoms with Gasteiger partial charge in [0.2, 0.25) is 11.8 Å². The average molecular weight is 668 g/mol. The monoisotopic (exact) mass is 667 g/mol. The number of allylic oxidation sites excluding steroid dienone is 1. The minimum absolute atomic E-state index is 0.102. The normalized spacial score (nSPS) is 22.9. The molecule has 6 rings (SSSR count). The molecule has 4 atom stereocenters. The first-order valence-electron chi connectivity index (χ1n) is 16.4. The molecule has 9 nitrogen and oxygen atoms in total. The van der Waals surface area contributed by atoms with Crippen LogP contribution in [0.2, 0.25) is 5.04 Å². The maximum atomic E-state index is 13.8. The van der Waals surface area contributed by atoms with Crippen molar-refractivity contribution in [3.05, 3.63) is 101 Å². The molecule has 3 amide bonds. The lowest BCUT2D eigenvalue weighted by atomic mass is 9.55. The van der Waals surface area contributed by atoms with E-state index in [4.69, 9.17) is 13.8 Å². The van der Waals surface area contributed by atoms with Crippen molar-refractivity contribution >= 4 is 43.7 Å². The minimum atomic E-state index is -3.01. The fourth-order valence-electron chi connectivity index (χ4n) is 8.16. The van der Waals surface area contributed by atoms with Gasteiger partial charge in [-0.25, -0.2) is 4.79 Å². The Labute approximate surface area is 282 Å². The van der Waals surface area contributed by atoms with Crippen LogP contribution in [0.1, 0.15) is 56.4 Å². The molecule has 0 unspecified atom stereocenters. The maximum absolute atomic E-state index is 13.8. The first-order chi connectivity index (χ1) is 22.8. The van der Waals surface area contributed by atoms with Crippen molar-refractivity contribution in [3.8, 4) is 5.75 Å². The van der Waals surface area contributed by atoms with Crippen molar-refractivity contribution in [2.45, 2.75) is 58.6 Å². The third-order valence-electron chi connectivity index (χ3n) is 10.3. The minimum Gasteiger partial charge on any atom is -0.507 e. The zero-order valence-corrected chi connectivity index (χ0v) is 29.2. The molecule has 1 aliphatic carbocycles. The number of carbonyl (C=O) groups excluding carboxylic acids is 3. The first-order valence-corrected chi connectivity index (χ1v) is 18.3. The van der Waals surface area contributed by atoms with Crippen molar-refractivity contribution in [2.24, 2.45) is 17.8 Å². The second-order valence-electron chi connectivity index (χ2n) is 14.2. The Hall–Kier alpha value is -4.03. The third kappa shape index (κ3) is 5.52. The van der Waals surface area contributed by atoms with E-state index in [0.717, 1.165) is 23.0 Å². The molecule has 2 N–H and O–H groups in total. The number of carbonyl (C=O) groups is 3. The number of imide groups is 3. The molecule has 0 saturated carbocycles. The molecule has 2 fully saturated rings. The van der Waals surface area contributed by atoms with E-state index >= 15 is 0 Å². The predicted octanol–water partition coefficient (Wildman–Crippen LogP) is 4.75. The summed E-state index contributed by atoms with van der Waals surface area (Å²) >= 11 is 0. The van der Waals surface area contributed by atoms with Crippen LogP contribution in [0.25, 0.3) is 0 Å². The summed E-state index contributed by atoms with van der Waals surface area (Å²) in [5, 5.41) is 24.0. The van der Waals surface area contributed by atoms with Gasteiger partial charge in [-0.15, -0.1) is 0 Å². The number of aryl methyl sites for hydroxylation is 2. The highest BCUT2D eigenvalue weighted by molar-refractivity contribution is 6.99. The van der Waals surface area contributed by atoms with Gasteiger partial charge >= 0.3 is 13.2 Å². The molecule has 11 heteroatoms. The van der Waals surface area contributed by atoms with Gasteiger partial charge in [-0.1, -0.05) is 81.4 Å². The van der Waals surface area contributed by atoms with E-state index in [1.165, 1.54) is 0 Å². The lowest BCUT2D eigenvalue weighted by Gasteiger charge is -2.45. The molecule has 0 radical (unpaired) electrons. The highest BCUT2D eigenvalue weighted by Crippen LogP contribution is 2.52. The quantitative estimate of drug-likeness (QED) is 0.286. The molecule has 3 aliphatic rings. The highest BCUT2D eigenvalue weighted by Gasteiger charge is 2.60. The third-order valence-corrected chi connectivity index (χ3v) is 15.3. The average Bonchev–Trinajstić information content (AvgIpc) is 3.32. The summed E-state index contributed by atoms with van der Waals surface area (Å²) in [6.45, 7) is 10.2. The number of phenolic OH excluding ortho intramolecular Hbond substituents is 1. The fraction of sp³-hybridized carbons (Fsp3) is 0.378. The lowest BCUT2D eigenvalue weighted by Crippen LogP contribution is -2.66. The van der Waals surface area contributed by atoms with Crippen molar-refractivity contribution in [1.82, 2.24) is 4.90 Å². The van der Waals surface area contributed by atoms with Gasteiger partial charge in [0.15, 0.2) is 0 Å². The number of aromatic hydroxyl groups is 1. The molecule has 3 aromatic rings. The molecule has 2 saturated heterocycles. The molecular formula is C37H42BNO8Si. The fourth-order valence-corrected chi connectivity index (χ4v) is 12.7. The predicted molar refractivity (Wildman–Crippen MR) is 184 cm³/mol. The van der Waals surface area contributed by atoms with E-state index in [2.05, 4.69) is 45.0 Å². The van der Waals surface area contributed by atoms with Gasteiger partial charge in [-0.2, -0.15) is 4.90 Å². The SMILES string of the molecule is COC(=O)N1C(=O)[C@H]2[C@H](CC(CO[Si](c3ccccc3)(c3ccccc3)C(C)(C)C)=C3B(O)O[C@H](c4cc(C)c(O)c(C)c4)C[C@H]32)C1=O. The number of hydrogen-bond acceptors (Lipinski definition) is 8. The van der Waals surface area contributed by atoms with Gasteiger partial charge < -0.3 is 23.9 Å². The largest absolute Gasteiger partial charge is 0.507 e. The van der Waals surface area contributed by atoms with E-state index in [-0.39, 0.29) is 30.2 Å². The van der Waals surface area contributed by atoms with Gasteiger partial charge in [0.1, 0.15) is 5.75 Å². The van der Waals surface area contributed by atoms with Crippen LogP contribution >= 0.6 is 0 Å². The number of hydrogen-bond donors (Lipinski definition) is 2. The molecule has 48 heavy (non-hydrogen) atoms. The Kier molecular flexibility index (Phi) is 9.01. The Bertz CT molecular complexity index is 1710. The lowest BCUT2D eigenvalue weighted by molar-refractivity contribution is -0.137. The van der Waals surface area contributed by atoms with Crippen LogP contribution in [0, 0.1) is 31.6 Å². The molecule has 2 heterocycles. The number of methoxy groups -OCH3 is 1. The topological polar surface area (TPSA) is 123 Å². The summed E-state index contributed by atoms with van der Waals surface area (Å²) in [7, 11) is -3.25. The smallest absolute Gasteiger partial charge is 0.487 e. The summed E-state index contributed by atoms with van der Waals surface area (Å²) in [6, 6.07) is 24.0. The molecule has 250 valence electrons. The van der Waals surface area contributed by atoms with Gasteiger partial charge in [-0.3, -0.25) is 9.59 Å². The number of benzene rings is 3. The highest BCUT2D eigenvalue weighted by atomic mass is 28.4. The zero-order valence-electron chi connectivity index (χ0n) is 28.2. The van der Waals surface area contributed by atoms with Crippen LogP contribution in [-0.4, -0.2) is 62.1 Å². The van der Waals surface area contributed by atoms with Crippen LogP contribution in [-0.2, 0) is 23.4 Å². The number of nitrogens with zero attached hydrogens (tertiary/aromatic N) is 1. The van der Waals surface area contributed by atoms with E-state index in [1.54, 1.807) is 13.8 Å². The molecule has 0 bridgehead atoms. The van der Waals surface area contributed by atoms with Gasteiger partial charge in [-0.05, 0) is 87.9 Å². The Balaban J connectivity index is 1.46. The summed E-state index contributed by atoms with van der Waals surface area (Å²) < 4.78 is 18.4. The summed E-state index contributed by atoms with van der Waals surface area (Å²) in [5.74, 6) is -3.34. The number of rotatable bonds is 6. The second kappa shape index (κ2) is 12.8. The molecule has 0 spiro atoms. The first kappa shape index (κ1) is 33.9. The van der Waals surface area contributed by atoms with E-state index in [9.17, 15) is 24.5 Å². The molecule has 2 aliphatic heterocycles. The summed E-state index contributed by atoms with van der Waals surface area (Å²) in [6.07, 6.45) is -1.22. The Morgan fingerprint density at radius 1 is 0.958 bits per heavy atom. The number of phenols is 1. The second-order valence-corrected chi connectivity index (χ2v) is 18.5. The summed E-state index contributed by atoms with van der Waals surface area (Å²) in [4.78, 5) is 40.9. The van der Waals surface area contributed by atoms with E-state index in [0.29, 0.717) is 27.1 Å². The Morgan fingerprint density at radius 3 is 2.04 bits per heavy atom. The van der Waals surface area contributed by atoms with Crippen molar-refractivity contribution in [1.29, 1.82) is 0 Å². The van der Waals surface area contributed by atoms with Crippen molar-refractivity contribution in [2.75, 3.05) is 13.7 Å². The van der Waals surface area contributed by atoms with Gasteiger partial charge in [0.25, 0.3) is 8.32 Å². The standard InChI is InChI=1S/C37H42BNO8Si/c1-22-17-24(18-23(2)33(22)40)30-20-28-31-29(34(41)39(35(31)42)36(43)45-6)19-25(32(28)38(44)47-30)21-46-48(37(3,4)5,26-13-9-7-10-14-26)27-15-11-8-12-16-27/h7-18,28-31,40,44H,19-21H2,1-6H3/t28-,29-,30-,31+/m0/s1. The molecular weight excluding hydrogens is 625 g/mol. The van der Waals surface area contributed by atoms with Crippen molar-refractivity contribution < 1.29 is 38.3 Å². The molecule has 3 aromatic carbocycles. The number of amides is 3. The van der Waals surface area contributed by atoms with Crippen LogP contribution in [0.15, 0.2) is 83.8 Å². The van der Waals surface area contributed by atoms with Gasteiger partial charge in [0, 0.05) is 0 Å². The van der Waals surface area contributed by atoms with Crippen LogP contribution in [0.3, 0.4) is 0 Å². The number of ether oxygens (including phenoxy) is 1. The van der Waals surface area contributed by atoms with Crippen LogP contribution < -0.4 is 10.4 Å².